The zero-order valence-corrected chi connectivity index (χ0v) is 11.6. The number of amides is 1. The first kappa shape index (κ1) is 13.4. The average Bonchev–Trinajstić information content (AvgIpc) is 3.14. The molecule has 1 atom stereocenters. The predicted molar refractivity (Wildman–Crippen MR) is 75.4 cm³/mol. The summed E-state index contributed by atoms with van der Waals surface area (Å²) in [6, 6.07) is 7.93. The highest BCUT2D eigenvalue weighted by Crippen LogP contribution is 2.30. The highest BCUT2D eigenvalue weighted by molar-refractivity contribution is 5.79. The third kappa shape index (κ3) is 3.51. The number of para-hydroxylation sites is 1. The van der Waals surface area contributed by atoms with E-state index in [0.29, 0.717) is 19.8 Å². The third-order valence-electron chi connectivity index (χ3n) is 3.90. The minimum absolute atomic E-state index is 0.00884. The molecule has 4 heteroatoms. The van der Waals surface area contributed by atoms with Gasteiger partial charge in [0.2, 0.25) is 5.91 Å². The van der Waals surface area contributed by atoms with Crippen molar-refractivity contribution in [1.29, 1.82) is 0 Å². The fourth-order valence-corrected chi connectivity index (χ4v) is 2.35. The van der Waals surface area contributed by atoms with Gasteiger partial charge in [-0.25, -0.2) is 0 Å². The quantitative estimate of drug-likeness (QED) is 0.865. The van der Waals surface area contributed by atoms with E-state index in [4.69, 9.17) is 9.47 Å². The fraction of sp³-hybridized carbons (Fsp3) is 0.562. The van der Waals surface area contributed by atoms with E-state index < -0.39 is 0 Å². The van der Waals surface area contributed by atoms with Gasteiger partial charge in [-0.15, -0.1) is 0 Å². The average molecular weight is 275 g/mol. The van der Waals surface area contributed by atoms with Gasteiger partial charge in [0, 0.05) is 18.7 Å². The summed E-state index contributed by atoms with van der Waals surface area (Å²) < 4.78 is 11.1. The van der Waals surface area contributed by atoms with Crippen LogP contribution >= 0.6 is 0 Å². The zero-order valence-electron chi connectivity index (χ0n) is 11.6. The van der Waals surface area contributed by atoms with E-state index in [-0.39, 0.29) is 11.8 Å². The molecule has 1 aromatic rings. The summed E-state index contributed by atoms with van der Waals surface area (Å²) in [5.41, 5.74) is 1.04. The van der Waals surface area contributed by atoms with Crippen LogP contribution < -0.4 is 10.1 Å². The van der Waals surface area contributed by atoms with E-state index in [0.717, 1.165) is 30.3 Å². The lowest BCUT2D eigenvalue weighted by atomic mass is 10.1. The molecule has 1 saturated carbocycles. The molecule has 0 aromatic heterocycles. The Balaban J connectivity index is 1.54. The maximum atomic E-state index is 12.0. The Hall–Kier alpha value is -1.55. The molecule has 3 rings (SSSR count). The molecule has 2 fully saturated rings. The molecule has 1 aromatic carbocycles. The van der Waals surface area contributed by atoms with Crippen LogP contribution in [-0.2, 0) is 16.1 Å². The second kappa shape index (κ2) is 6.27. The lowest BCUT2D eigenvalue weighted by molar-refractivity contribution is -0.125. The van der Waals surface area contributed by atoms with Gasteiger partial charge in [0.1, 0.15) is 5.75 Å². The summed E-state index contributed by atoms with van der Waals surface area (Å²) in [4.78, 5) is 12.0. The highest BCUT2D eigenvalue weighted by Gasteiger charge is 2.24. The van der Waals surface area contributed by atoms with Crippen molar-refractivity contribution in [2.75, 3.05) is 19.8 Å². The number of carbonyl (C=O) groups is 1. The van der Waals surface area contributed by atoms with Crippen LogP contribution in [0.2, 0.25) is 0 Å². The van der Waals surface area contributed by atoms with Gasteiger partial charge in [0.05, 0.1) is 19.1 Å². The monoisotopic (exact) mass is 275 g/mol. The molecule has 1 amide bonds. The molecule has 1 N–H and O–H groups in total. The van der Waals surface area contributed by atoms with Crippen LogP contribution in [0.5, 0.6) is 5.75 Å². The molecule has 0 radical (unpaired) electrons. The third-order valence-corrected chi connectivity index (χ3v) is 3.90. The van der Waals surface area contributed by atoms with Gasteiger partial charge in [-0.2, -0.15) is 0 Å². The molecule has 1 aliphatic carbocycles. The Morgan fingerprint density at radius 1 is 1.30 bits per heavy atom. The van der Waals surface area contributed by atoms with Crippen LogP contribution in [0.15, 0.2) is 24.3 Å². The Morgan fingerprint density at radius 3 is 2.90 bits per heavy atom. The lowest BCUT2D eigenvalue weighted by Gasteiger charge is -2.13. The van der Waals surface area contributed by atoms with Gasteiger partial charge in [-0.1, -0.05) is 18.2 Å². The van der Waals surface area contributed by atoms with E-state index in [1.54, 1.807) is 0 Å². The van der Waals surface area contributed by atoms with E-state index >= 15 is 0 Å². The van der Waals surface area contributed by atoms with Gasteiger partial charge in [-0.3, -0.25) is 4.79 Å². The highest BCUT2D eigenvalue weighted by atomic mass is 16.5. The number of hydrogen-bond donors (Lipinski definition) is 1. The topological polar surface area (TPSA) is 47.6 Å². The number of carbonyl (C=O) groups excluding carboxylic acids is 1. The van der Waals surface area contributed by atoms with Gasteiger partial charge < -0.3 is 14.8 Å². The summed E-state index contributed by atoms with van der Waals surface area (Å²) >= 11 is 0. The van der Waals surface area contributed by atoms with Crippen LogP contribution in [0.3, 0.4) is 0 Å². The van der Waals surface area contributed by atoms with Crippen LogP contribution in [0.25, 0.3) is 0 Å². The lowest BCUT2D eigenvalue weighted by Crippen LogP contribution is -2.30. The fourth-order valence-electron chi connectivity index (χ4n) is 2.35. The molecule has 0 bridgehead atoms. The summed E-state index contributed by atoms with van der Waals surface area (Å²) in [6.45, 7) is 2.56. The summed E-state index contributed by atoms with van der Waals surface area (Å²) in [7, 11) is 0. The molecular formula is C16H21NO3. The van der Waals surface area contributed by atoms with E-state index in [1.807, 2.05) is 24.3 Å². The van der Waals surface area contributed by atoms with Crippen LogP contribution in [0.1, 0.15) is 24.8 Å². The maximum Gasteiger partial charge on any atom is 0.225 e. The Kier molecular flexibility index (Phi) is 4.21. The molecule has 0 spiro atoms. The first-order valence-electron chi connectivity index (χ1n) is 7.39. The van der Waals surface area contributed by atoms with Crippen molar-refractivity contribution < 1.29 is 14.3 Å². The molecule has 108 valence electrons. The number of nitrogens with one attached hydrogen (secondary N) is 1. The Bertz CT molecular complexity index is 465. The molecule has 2 aliphatic rings. The van der Waals surface area contributed by atoms with Gasteiger partial charge >= 0.3 is 0 Å². The Labute approximate surface area is 119 Å². The number of hydrogen-bond acceptors (Lipinski definition) is 3. The van der Waals surface area contributed by atoms with Gasteiger partial charge in [-0.05, 0) is 31.2 Å². The standard InChI is InChI=1S/C16H21NO3/c18-16(14-7-8-19-11-14)17-9-13-3-1-2-4-15(13)20-10-12-5-6-12/h1-4,12,14H,5-11H2,(H,17,18). The predicted octanol–water partition coefficient (Wildman–Crippen LogP) is 2.13. The van der Waals surface area contributed by atoms with E-state index in [1.165, 1.54) is 12.8 Å². The van der Waals surface area contributed by atoms with Crippen LogP contribution in [-0.4, -0.2) is 25.7 Å². The van der Waals surface area contributed by atoms with Crippen LogP contribution in [0, 0.1) is 11.8 Å². The molecule has 1 unspecified atom stereocenters. The van der Waals surface area contributed by atoms with E-state index in [2.05, 4.69) is 5.32 Å². The minimum Gasteiger partial charge on any atom is -0.493 e. The zero-order chi connectivity index (χ0) is 13.8. The SMILES string of the molecule is O=C(NCc1ccccc1OCC1CC1)C1CCOC1. The molecule has 4 nitrogen and oxygen atoms in total. The van der Waals surface area contributed by atoms with Crippen LogP contribution in [0.4, 0.5) is 0 Å². The van der Waals surface area contributed by atoms with Crippen molar-refractivity contribution in [3.8, 4) is 5.75 Å². The van der Waals surface area contributed by atoms with Crippen molar-refractivity contribution in [3.05, 3.63) is 29.8 Å². The molecule has 1 saturated heterocycles. The van der Waals surface area contributed by atoms with Gasteiger partial charge in [0.15, 0.2) is 0 Å². The second-order valence-corrected chi connectivity index (χ2v) is 5.64. The van der Waals surface area contributed by atoms with Crippen molar-refractivity contribution in [2.24, 2.45) is 11.8 Å². The smallest absolute Gasteiger partial charge is 0.225 e. The maximum absolute atomic E-state index is 12.0. The molecule has 1 aliphatic heterocycles. The normalized spacial score (nSPS) is 21.7. The minimum atomic E-state index is 0.00884. The van der Waals surface area contributed by atoms with Crippen molar-refractivity contribution in [3.63, 3.8) is 0 Å². The van der Waals surface area contributed by atoms with Crippen molar-refractivity contribution >= 4 is 5.91 Å². The largest absolute Gasteiger partial charge is 0.493 e. The molecule has 1 heterocycles. The first-order valence-corrected chi connectivity index (χ1v) is 7.39. The summed E-state index contributed by atoms with van der Waals surface area (Å²) in [6.07, 6.45) is 3.38. The van der Waals surface area contributed by atoms with Gasteiger partial charge in [0.25, 0.3) is 0 Å². The summed E-state index contributed by atoms with van der Waals surface area (Å²) in [5.74, 6) is 1.71. The number of benzene rings is 1. The first-order chi connectivity index (χ1) is 9.83. The number of ether oxygens (including phenoxy) is 2. The van der Waals surface area contributed by atoms with Crippen molar-refractivity contribution in [2.45, 2.75) is 25.8 Å². The molecule has 20 heavy (non-hydrogen) atoms. The summed E-state index contributed by atoms with van der Waals surface area (Å²) in [5, 5.41) is 2.99. The van der Waals surface area contributed by atoms with Crippen molar-refractivity contribution in [1.82, 2.24) is 5.32 Å². The number of rotatable bonds is 6. The Morgan fingerprint density at radius 2 is 2.15 bits per heavy atom. The molecular weight excluding hydrogens is 254 g/mol. The second-order valence-electron chi connectivity index (χ2n) is 5.64. The van der Waals surface area contributed by atoms with E-state index in [9.17, 15) is 4.79 Å².